The summed E-state index contributed by atoms with van der Waals surface area (Å²) >= 11 is 3.16. The van der Waals surface area contributed by atoms with Gasteiger partial charge in [-0.1, -0.05) is 22.0 Å². The zero-order chi connectivity index (χ0) is 12.1. The van der Waals surface area contributed by atoms with Crippen molar-refractivity contribution in [3.05, 3.63) is 38.3 Å². The van der Waals surface area contributed by atoms with Gasteiger partial charge in [-0.3, -0.25) is 14.9 Å². The van der Waals surface area contributed by atoms with E-state index in [4.69, 9.17) is 5.11 Å². The summed E-state index contributed by atoms with van der Waals surface area (Å²) in [6.07, 6.45) is 0.820. The van der Waals surface area contributed by atoms with E-state index in [-0.39, 0.29) is 12.1 Å². The maximum absolute atomic E-state index is 10.7. The Morgan fingerprint density at radius 1 is 1.50 bits per heavy atom. The van der Waals surface area contributed by atoms with Crippen molar-refractivity contribution in [1.82, 2.24) is 0 Å². The number of hydrogen-bond donors (Lipinski definition) is 1. The van der Waals surface area contributed by atoms with Crippen molar-refractivity contribution in [2.24, 2.45) is 0 Å². The van der Waals surface area contributed by atoms with Gasteiger partial charge in [-0.25, -0.2) is 0 Å². The predicted molar refractivity (Wildman–Crippen MR) is 61.4 cm³/mol. The van der Waals surface area contributed by atoms with E-state index in [0.29, 0.717) is 22.9 Å². The molecule has 0 radical (unpaired) electrons. The van der Waals surface area contributed by atoms with Gasteiger partial charge in [0.2, 0.25) is 0 Å². The number of aryl methyl sites for hydroxylation is 1. The number of carboxylic acid groups (broad SMARTS) is 1. The minimum Gasteiger partial charge on any atom is -0.481 e. The molecule has 0 aromatic heterocycles. The molecule has 0 saturated carbocycles. The molecule has 86 valence electrons. The summed E-state index contributed by atoms with van der Waals surface area (Å²) in [5.74, 6) is -0.889. The van der Waals surface area contributed by atoms with Crippen LogP contribution in [-0.2, 0) is 11.2 Å². The first kappa shape index (κ1) is 12.6. The van der Waals surface area contributed by atoms with Crippen LogP contribution in [-0.4, -0.2) is 16.0 Å². The normalized spacial score (nSPS) is 10.1. The number of nitro groups is 1. The second-order valence-corrected chi connectivity index (χ2v) is 4.19. The molecule has 0 aliphatic carbocycles. The molecule has 1 N–H and O–H groups in total. The molecule has 6 heteroatoms. The standard InChI is InChI=1S/C10H10BrNO4/c11-8-5-4-7(2-1-3-10(13)14)9(6-8)12(15)16/h4-6H,1-3H2,(H,13,14). The van der Waals surface area contributed by atoms with Gasteiger partial charge in [-0.15, -0.1) is 0 Å². The van der Waals surface area contributed by atoms with Gasteiger partial charge in [0.05, 0.1) is 4.92 Å². The molecule has 5 nitrogen and oxygen atoms in total. The van der Waals surface area contributed by atoms with Crippen LogP contribution in [0.2, 0.25) is 0 Å². The highest BCUT2D eigenvalue weighted by Crippen LogP contribution is 2.24. The van der Waals surface area contributed by atoms with Crippen LogP contribution in [0.3, 0.4) is 0 Å². The van der Waals surface area contributed by atoms with Crippen molar-refractivity contribution < 1.29 is 14.8 Å². The molecule has 1 aromatic carbocycles. The number of nitro benzene ring substituents is 1. The first-order valence-electron chi connectivity index (χ1n) is 4.65. The fraction of sp³-hybridized carbons (Fsp3) is 0.300. The van der Waals surface area contributed by atoms with Crippen LogP contribution in [0.5, 0.6) is 0 Å². The van der Waals surface area contributed by atoms with Crippen LogP contribution in [0, 0.1) is 10.1 Å². The Bertz CT molecular complexity index is 419. The van der Waals surface area contributed by atoms with Gasteiger partial charge < -0.3 is 5.11 Å². The van der Waals surface area contributed by atoms with Gasteiger partial charge in [0, 0.05) is 22.5 Å². The molecule has 1 aromatic rings. The lowest BCUT2D eigenvalue weighted by atomic mass is 10.1. The number of halogens is 1. The second kappa shape index (κ2) is 5.60. The lowest BCUT2D eigenvalue weighted by Gasteiger charge is -2.02. The minimum absolute atomic E-state index is 0.0210. The average Bonchev–Trinajstić information content (AvgIpc) is 2.19. The molecule has 0 fully saturated rings. The first-order chi connectivity index (χ1) is 7.50. The van der Waals surface area contributed by atoms with E-state index in [1.807, 2.05) is 0 Å². The molecule has 0 bridgehead atoms. The molecule has 0 aliphatic heterocycles. The largest absolute Gasteiger partial charge is 0.481 e. The Morgan fingerprint density at radius 3 is 2.75 bits per heavy atom. The van der Waals surface area contributed by atoms with E-state index in [1.165, 1.54) is 6.07 Å². The highest BCUT2D eigenvalue weighted by atomic mass is 79.9. The average molecular weight is 288 g/mol. The monoisotopic (exact) mass is 287 g/mol. The SMILES string of the molecule is O=C(O)CCCc1ccc(Br)cc1[N+](=O)[O-]. The molecule has 0 amide bonds. The topological polar surface area (TPSA) is 80.4 Å². The summed E-state index contributed by atoms with van der Waals surface area (Å²) in [4.78, 5) is 20.6. The number of aliphatic carboxylic acids is 1. The molecule has 0 heterocycles. The van der Waals surface area contributed by atoms with Gasteiger partial charge in [0.25, 0.3) is 5.69 Å². The number of hydrogen-bond acceptors (Lipinski definition) is 3. The van der Waals surface area contributed by atoms with E-state index in [9.17, 15) is 14.9 Å². The molecule has 0 spiro atoms. The molecule has 0 atom stereocenters. The molecule has 0 saturated heterocycles. The molecule has 1 rings (SSSR count). The quantitative estimate of drug-likeness (QED) is 0.667. The maximum Gasteiger partial charge on any atom is 0.303 e. The Balaban J connectivity index is 2.78. The molecular weight excluding hydrogens is 278 g/mol. The predicted octanol–water partition coefficient (Wildman–Crippen LogP) is 2.76. The van der Waals surface area contributed by atoms with E-state index in [0.717, 1.165) is 0 Å². The van der Waals surface area contributed by atoms with Crippen molar-refractivity contribution in [1.29, 1.82) is 0 Å². The number of benzene rings is 1. The highest BCUT2D eigenvalue weighted by molar-refractivity contribution is 9.10. The summed E-state index contributed by atoms with van der Waals surface area (Å²) in [6.45, 7) is 0. The third kappa shape index (κ3) is 3.62. The molecular formula is C10H10BrNO4. The fourth-order valence-electron chi connectivity index (χ4n) is 1.35. The lowest BCUT2D eigenvalue weighted by Crippen LogP contribution is -1.99. The van der Waals surface area contributed by atoms with Crippen LogP contribution in [0.25, 0.3) is 0 Å². The maximum atomic E-state index is 10.7. The zero-order valence-corrected chi connectivity index (χ0v) is 9.94. The molecule has 0 aliphatic rings. The van der Waals surface area contributed by atoms with Crippen molar-refractivity contribution >= 4 is 27.6 Å². The number of rotatable bonds is 5. The van der Waals surface area contributed by atoms with Gasteiger partial charge in [0.1, 0.15) is 0 Å². The zero-order valence-electron chi connectivity index (χ0n) is 8.35. The summed E-state index contributed by atoms with van der Waals surface area (Å²) < 4.78 is 0.640. The van der Waals surface area contributed by atoms with Crippen LogP contribution in [0.4, 0.5) is 5.69 Å². The fourth-order valence-corrected chi connectivity index (χ4v) is 1.70. The second-order valence-electron chi connectivity index (χ2n) is 3.28. The van der Waals surface area contributed by atoms with E-state index < -0.39 is 10.9 Å². The van der Waals surface area contributed by atoms with Crippen LogP contribution in [0.1, 0.15) is 18.4 Å². The Hall–Kier alpha value is -1.43. The third-order valence-corrected chi connectivity index (χ3v) is 2.57. The first-order valence-corrected chi connectivity index (χ1v) is 5.44. The summed E-state index contributed by atoms with van der Waals surface area (Å²) in [5, 5.41) is 19.2. The Kier molecular flexibility index (Phi) is 4.42. The van der Waals surface area contributed by atoms with Gasteiger partial charge in [-0.2, -0.15) is 0 Å². The minimum atomic E-state index is -0.889. The van der Waals surface area contributed by atoms with Crippen LogP contribution < -0.4 is 0 Å². The summed E-state index contributed by atoms with van der Waals surface area (Å²) in [5.41, 5.74) is 0.592. The Labute approximate surface area is 100 Å². The van der Waals surface area contributed by atoms with Crippen molar-refractivity contribution in [2.45, 2.75) is 19.3 Å². The lowest BCUT2D eigenvalue weighted by molar-refractivity contribution is -0.385. The van der Waals surface area contributed by atoms with Crippen molar-refractivity contribution in [2.75, 3.05) is 0 Å². The van der Waals surface area contributed by atoms with E-state index in [1.54, 1.807) is 12.1 Å². The Morgan fingerprint density at radius 2 is 2.19 bits per heavy atom. The van der Waals surface area contributed by atoms with E-state index >= 15 is 0 Å². The van der Waals surface area contributed by atoms with Crippen LogP contribution in [0.15, 0.2) is 22.7 Å². The number of nitrogens with zero attached hydrogens (tertiary/aromatic N) is 1. The van der Waals surface area contributed by atoms with Crippen molar-refractivity contribution in [3.8, 4) is 0 Å². The molecule has 16 heavy (non-hydrogen) atoms. The smallest absolute Gasteiger partial charge is 0.303 e. The number of carboxylic acids is 1. The van der Waals surface area contributed by atoms with Crippen molar-refractivity contribution in [3.63, 3.8) is 0 Å². The third-order valence-electron chi connectivity index (χ3n) is 2.08. The number of carbonyl (C=O) groups is 1. The summed E-state index contributed by atoms with van der Waals surface area (Å²) in [7, 11) is 0. The summed E-state index contributed by atoms with van der Waals surface area (Å²) in [6, 6.07) is 4.78. The van der Waals surface area contributed by atoms with Gasteiger partial charge >= 0.3 is 5.97 Å². The van der Waals surface area contributed by atoms with E-state index in [2.05, 4.69) is 15.9 Å². The molecule has 0 unspecified atom stereocenters. The highest BCUT2D eigenvalue weighted by Gasteiger charge is 2.13. The van der Waals surface area contributed by atoms with Gasteiger partial charge in [-0.05, 0) is 18.9 Å². The van der Waals surface area contributed by atoms with Crippen LogP contribution >= 0.6 is 15.9 Å². The van der Waals surface area contributed by atoms with Gasteiger partial charge in [0.15, 0.2) is 0 Å².